The molecule has 2 aliphatic rings. The number of thiophene rings is 1. The van der Waals surface area contributed by atoms with Gasteiger partial charge in [-0.25, -0.2) is 4.79 Å². The van der Waals surface area contributed by atoms with Crippen LogP contribution in [0.15, 0.2) is 35.0 Å². The number of carbonyl (C=O) groups is 1. The lowest BCUT2D eigenvalue weighted by atomic mass is 9.91. The van der Waals surface area contributed by atoms with Crippen molar-refractivity contribution in [1.82, 2.24) is 5.32 Å². The number of amides is 1. The summed E-state index contributed by atoms with van der Waals surface area (Å²) in [5.41, 5.74) is 4.07. The Balaban J connectivity index is 1.64. The van der Waals surface area contributed by atoms with E-state index in [-0.39, 0.29) is 0 Å². The number of hydrogen-bond acceptors (Lipinski definition) is 3. The Morgan fingerprint density at radius 1 is 1.28 bits per heavy atom. The zero-order valence-electron chi connectivity index (χ0n) is 14.4. The Bertz CT molecular complexity index is 747. The fourth-order valence-electron chi connectivity index (χ4n) is 4.40. The first kappa shape index (κ1) is 16.6. The second-order valence-electron chi connectivity index (χ2n) is 7.40. The molecule has 0 spiro atoms. The van der Waals surface area contributed by atoms with E-state index in [1.54, 1.807) is 16.2 Å². The van der Waals surface area contributed by atoms with E-state index in [1.807, 2.05) is 17.5 Å². The maximum atomic E-state index is 12.1. The van der Waals surface area contributed by atoms with Crippen LogP contribution in [0.4, 0.5) is 10.5 Å². The van der Waals surface area contributed by atoms with Crippen LogP contribution in [0.1, 0.15) is 31.2 Å². The van der Waals surface area contributed by atoms with Crippen LogP contribution < -0.4 is 10.2 Å². The SMILES string of the molecule is Cc1ccc(N(C[C@H]2C[C@H]3CC[C@@H](C2)N3)C(=O)O)c(-c2ccsc2)c1. The number of hydrogen-bond donors (Lipinski definition) is 2. The molecule has 2 aromatic rings. The molecule has 2 N–H and O–H groups in total. The Kier molecular flexibility index (Phi) is 4.52. The Morgan fingerprint density at radius 2 is 2.04 bits per heavy atom. The lowest BCUT2D eigenvalue weighted by molar-refractivity contribution is 0.198. The van der Waals surface area contributed by atoms with Crippen LogP contribution in [-0.2, 0) is 0 Å². The zero-order valence-corrected chi connectivity index (χ0v) is 15.3. The van der Waals surface area contributed by atoms with Crippen molar-refractivity contribution < 1.29 is 9.90 Å². The molecule has 1 amide bonds. The molecule has 1 aromatic carbocycles. The summed E-state index contributed by atoms with van der Waals surface area (Å²) >= 11 is 1.64. The third-order valence-corrected chi connectivity index (χ3v) is 6.20. The van der Waals surface area contributed by atoms with Gasteiger partial charge in [0, 0.05) is 24.2 Å². The molecule has 132 valence electrons. The Labute approximate surface area is 152 Å². The molecule has 2 fully saturated rings. The average Bonchev–Trinajstić information content (AvgIpc) is 3.23. The predicted octanol–water partition coefficient (Wildman–Crippen LogP) is 4.74. The van der Waals surface area contributed by atoms with Crippen molar-refractivity contribution in [3.05, 3.63) is 40.6 Å². The van der Waals surface area contributed by atoms with Gasteiger partial charge in [0.1, 0.15) is 0 Å². The van der Waals surface area contributed by atoms with Gasteiger partial charge in [0.15, 0.2) is 0 Å². The largest absolute Gasteiger partial charge is 0.465 e. The van der Waals surface area contributed by atoms with E-state index in [2.05, 4.69) is 29.8 Å². The first-order valence-corrected chi connectivity index (χ1v) is 9.94. The van der Waals surface area contributed by atoms with Gasteiger partial charge in [-0.1, -0.05) is 11.6 Å². The molecule has 0 aliphatic carbocycles. The summed E-state index contributed by atoms with van der Waals surface area (Å²) in [6.45, 7) is 2.64. The number of nitrogens with zero attached hydrogens (tertiary/aromatic N) is 1. The van der Waals surface area contributed by atoms with Crippen molar-refractivity contribution in [2.45, 2.75) is 44.7 Å². The van der Waals surface area contributed by atoms with Gasteiger partial charge in [-0.15, -0.1) is 0 Å². The molecule has 4 nitrogen and oxygen atoms in total. The fourth-order valence-corrected chi connectivity index (χ4v) is 5.05. The minimum absolute atomic E-state index is 0.437. The van der Waals surface area contributed by atoms with Crippen LogP contribution in [0.25, 0.3) is 11.1 Å². The first-order valence-electron chi connectivity index (χ1n) is 9.00. The topological polar surface area (TPSA) is 52.6 Å². The van der Waals surface area contributed by atoms with Gasteiger partial charge in [-0.3, -0.25) is 4.90 Å². The smallest absolute Gasteiger partial charge is 0.411 e. The normalized spacial score (nSPS) is 25.1. The molecule has 1 aromatic heterocycles. The maximum absolute atomic E-state index is 12.1. The summed E-state index contributed by atoms with van der Waals surface area (Å²) in [7, 11) is 0. The number of fused-ring (bicyclic) bond motifs is 2. The lowest BCUT2D eigenvalue weighted by Crippen LogP contribution is -2.43. The molecule has 0 saturated carbocycles. The van der Waals surface area contributed by atoms with E-state index in [0.29, 0.717) is 24.5 Å². The summed E-state index contributed by atoms with van der Waals surface area (Å²) in [5, 5.41) is 17.7. The summed E-state index contributed by atoms with van der Waals surface area (Å²) in [6, 6.07) is 9.29. The summed E-state index contributed by atoms with van der Waals surface area (Å²) in [4.78, 5) is 13.6. The van der Waals surface area contributed by atoms with Crippen molar-refractivity contribution >= 4 is 23.1 Å². The molecule has 3 heterocycles. The highest BCUT2D eigenvalue weighted by atomic mass is 32.1. The number of piperidine rings is 1. The Morgan fingerprint density at radius 3 is 2.68 bits per heavy atom. The molecule has 0 unspecified atom stereocenters. The number of aryl methyl sites for hydroxylation is 1. The number of carboxylic acid groups (broad SMARTS) is 1. The highest BCUT2D eigenvalue weighted by molar-refractivity contribution is 7.08. The van der Waals surface area contributed by atoms with E-state index in [9.17, 15) is 9.90 Å². The van der Waals surface area contributed by atoms with Crippen LogP contribution in [0.2, 0.25) is 0 Å². The fraction of sp³-hybridized carbons (Fsp3) is 0.450. The third kappa shape index (κ3) is 3.44. The quantitative estimate of drug-likeness (QED) is 0.832. The first-order chi connectivity index (χ1) is 12.1. The van der Waals surface area contributed by atoms with Crippen LogP contribution >= 0.6 is 11.3 Å². The standard InChI is InChI=1S/C20H24N2O2S/c1-13-2-5-19(18(8-13)15-6-7-25-12-15)22(20(23)24)11-14-9-16-3-4-17(10-14)21-16/h2,5-8,12,14,16-17,21H,3-4,9-11H2,1H3,(H,23,24)/t14-,16+,17-. The molecule has 2 aliphatic heterocycles. The molecule has 4 rings (SSSR count). The Hall–Kier alpha value is -1.85. The van der Waals surface area contributed by atoms with Crippen LogP contribution in [0.3, 0.4) is 0 Å². The van der Waals surface area contributed by atoms with Crippen LogP contribution in [0, 0.1) is 12.8 Å². The van der Waals surface area contributed by atoms with E-state index in [1.165, 1.54) is 12.8 Å². The monoisotopic (exact) mass is 356 g/mol. The summed E-state index contributed by atoms with van der Waals surface area (Å²) in [6.07, 6.45) is 3.78. The van der Waals surface area contributed by atoms with Crippen molar-refractivity contribution in [3.8, 4) is 11.1 Å². The molecule has 25 heavy (non-hydrogen) atoms. The van der Waals surface area contributed by atoms with Gasteiger partial charge in [-0.2, -0.15) is 11.3 Å². The lowest BCUT2D eigenvalue weighted by Gasteiger charge is -2.33. The maximum Gasteiger partial charge on any atom is 0.411 e. The number of anilines is 1. The van der Waals surface area contributed by atoms with Gasteiger partial charge in [0.2, 0.25) is 0 Å². The van der Waals surface area contributed by atoms with Crippen molar-refractivity contribution in [2.75, 3.05) is 11.4 Å². The molecule has 2 saturated heterocycles. The van der Waals surface area contributed by atoms with E-state index < -0.39 is 6.09 Å². The minimum atomic E-state index is -0.855. The second kappa shape index (κ2) is 6.81. The molecular weight excluding hydrogens is 332 g/mol. The minimum Gasteiger partial charge on any atom is -0.465 e. The number of nitrogens with one attached hydrogen (secondary N) is 1. The highest BCUT2D eigenvalue weighted by Crippen LogP contribution is 2.36. The predicted molar refractivity (Wildman–Crippen MR) is 103 cm³/mol. The van der Waals surface area contributed by atoms with Gasteiger partial charge in [0.05, 0.1) is 5.69 Å². The van der Waals surface area contributed by atoms with E-state index in [0.717, 1.165) is 35.2 Å². The van der Waals surface area contributed by atoms with Crippen LogP contribution in [0.5, 0.6) is 0 Å². The molecular formula is C20H24N2O2S. The number of rotatable bonds is 4. The van der Waals surface area contributed by atoms with Gasteiger partial charge < -0.3 is 10.4 Å². The van der Waals surface area contributed by atoms with E-state index >= 15 is 0 Å². The third-order valence-electron chi connectivity index (χ3n) is 5.52. The van der Waals surface area contributed by atoms with Crippen molar-refractivity contribution in [1.29, 1.82) is 0 Å². The van der Waals surface area contributed by atoms with Crippen molar-refractivity contribution in [2.24, 2.45) is 5.92 Å². The van der Waals surface area contributed by atoms with Crippen molar-refractivity contribution in [3.63, 3.8) is 0 Å². The zero-order chi connectivity index (χ0) is 17.4. The van der Waals surface area contributed by atoms with Crippen LogP contribution in [-0.4, -0.2) is 29.8 Å². The van der Waals surface area contributed by atoms with Gasteiger partial charge >= 0.3 is 6.09 Å². The molecule has 0 radical (unpaired) electrons. The summed E-state index contributed by atoms with van der Waals surface area (Å²) < 4.78 is 0. The highest BCUT2D eigenvalue weighted by Gasteiger charge is 2.35. The molecule has 2 bridgehead atoms. The summed E-state index contributed by atoms with van der Waals surface area (Å²) in [5.74, 6) is 0.437. The van der Waals surface area contributed by atoms with Gasteiger partial charge in [-0.05, 0) is 73.0 Å². The molecule has 5 heteroatoms. The number of benzene rings is 1. The van der Waals surface area contributed by atoms with Gasteiger partial charge in [0.25, 0.3) is 0 Å². The average molecular weight is 356 g/mol. The molecule has 3 atom stereocenters. The second-order valence-corrected chi connectivity index (χ2v) is 8.18. The van der Waals surface area contributed by atoms with E-state index in [4.69, 9.17) is 0 Å².